The van der Waals surface area contributed by atoms with Crippen LogP contribution in [0.3, 0.4) is 0 Å². The Balaban J connectivity index is 2.24. The van der Waals surface area contributed by atoms with Crippen LogP contribution in [0.2, 0.25) is 10.0 Å². The number of aliphatic hydroxyl groups excluding tert-OH is 1. The molecular formula is C12H10Cl2O2. The Morgan fingerprint density at radius 2 is 1.81 bits per heavy atom. The topological polar surface area (TPSA) is 33.4 Å². The van der Waals surface area contributed by atoms with Gasteiger partial charge in [-0.2, -0.15) is 0 Å². The molecule has 1 aromatic heterocycles. The largest absolute Gasteiger partial charge is 0.469 e. The van der Waals surface area contributed by atoms with Crippen molar-refractivity contribution in [2.45, 2.75) is 12.5 Å². The van der Waals surface area contributed by atoms with Gasteiger partial charge in [-0.25, -0.2) is 0 Å². The molecule has 84 valence electrons. The second-order valence-corrected chi connectivity index (χ2v) is 4.25. The quantitative estimate of drug-likeness (QED) is 0.905. The zero-order valence-electron chi connectivity index (χ0n) is 8.36. The van der Waals surface area contributed by atoms with Crippen molar-refractivity contribution in [2.75, 3.05) is 0 Å². The lowest BCUT2D eigenvalue weighted by Crippen LogP contribution is -2.02. The van der Waals surface area contributed by atoms with Crippen LogP contribution < -0.4 is 0 Å². The Bertz CT molecular complexity index is 446. The first-order valence-corrected chi connectivity index (χ1v) is 5.58. The minimum atomic E-state index is -0.757. The van der Waals surface area contributed by atoms with E-state index in [0.29, 0.717) is 27.8 Å². The van der Waals surface area contributed by atoms with E-state index in [1.54, 1.807) is 36.6 Å². The van der Waals surface area contributed by atoms with Crippen molar-refractivity contribution in [1.29, 1.82) is 0 Å². The predicted molar refractivity (Wildman–Crippen MR) is 63.8 cm³/mol. The number of hydrogen-bond acceptors (Lipinski definition) is 2. The third-order valence-corrected chi connectivity index (χ3v) is 2.97. The molecule has 0 radical (unpaired) electrons. The summed E-state index contributed by atoms with van der Waals surface area (Å²) in [6, 6.07) is 8.72. The zero-order chi connectivity index (χ0) is 11.5. The normalized spacial score (nSPS) is 12.7. The highest BCUT2D eigenvalue weighted by atomic mass is 35.5. The van der Waals surface area contributed by atoms with Crippen LogP contribution in [0.25, 0.3) is 0 Å². The zero-order valence-corrected chi connectivity index (χ0v) is 9.87. The Labute approximate surface area is 103 Å². The van der Waals surface area contributed by atoms with Gasteiger partial charge in [0.25, 0.3) is 0 Å². The lowest BCUT2D eigenvalue weighted by Gasteiger charge is -2.12. The van der Waals surface area contributed by atoms with Gasteiger partial charge in [0.05, 0.1) is 12.4 Å². The Morgan fingerprint density at radius 3 is 2.38 bits per heavy atom. The highest BCUT2D eigenvalue weighted by molar-refractivity contribution is 6.36. The molecule has 0 aliphatic heterocycles. The van der Waals surface area contributed by atoms with Crippen LogP contribution in [-0.2, 0) is 6.42 Å². The molecule has 2 aromatic rings. The standard InChI is InChI=1S/C12H10Cl2O2/c13-9-4-1-5-10(14)12(9)11(15)7-8-3-2-6-16-8/h1-6,11,15H,7H2. The maximum Gasteiger partial charge on any atom is 0.106 e. The van der Waals surface area contributed by atoms with E-state index in [0.717, 1.165) is 0 Å². The fourth-order valence-corrected chi connectivity index (χ4v) is 2.20. The van der Waals surface area contributed by atoms with E-state index in [-0.39, 0.29) is 0 Å². The Kier molecular flexibility index (Phi) is 3.54. The van der Waals surface area contributed by atoms with Gasteiger partial charge >= 0.3 is 0 Å². The maximum absolute atomic E-state index is 10.0. The molecule has 2 rings (SSSR count). The van der Waals surface area contributed by atoms with Gasteiger partial charge in [0, 0.05) is 22.0 Å². The van der Waals surface area contributed by atoms with Crippen LogP contribution in [-0.4, -0.2) is 5.11 Å². The van der Waals surface area contributed by atoms with Crippen molar-refractivity contribution < 1.29 is 9.52 Å². The van der Waals surface area contributed by atoms with Crippen molar-refractivity contribution in [1.82, 2.24) is 0 Å². The SMILES string of the molecule is OC(Cc1ccco1)c1c(Cl)cccc1Cl. The van der Waals surface area contributed by atoms with E-state index in [9.17, 15) is 5.11 Å². The van der Waals surface area contributed by atoms with Gasteiger partial charge in [0.15, 0.2) is 0 Å². The Hall–Kier alpha value is -0.960. The van der Waals surface area contributed by atoms with Crippen LogP contribution in [0.1, 0.15) is 17.4 Å². The minimum Gasteiger partial charge on any atom is -0.469 e. The summed E-state index contributed by atoms with van der Waals surface area (Å²) in [6.45, 7) is 0. The van der Waals surface area contributed by atoms with Crippen molar-refractivity contribution in [3.05, 3.63) is 58.0 Å². The second kappa shape index (κ2) is 4.91. The van der Waals surface area contributed by atoms with Gasteiger partial charge in [0.1, 0.15) is 5.76 Å². The summed E-state index contributed by atoms with van der Waals surface area (Å²) in [5.41, 5.74) is 0.544. The number of aliphatic hydroxyl groups is 1. The molecule has 0 fully saturated rings. The monoisotopic (exact) mass is 256 g/mol. The van der Waals surface area contributed by atoms with Crippen molar-refractivity contribution in [3.8, 4) is 0 Å². The lowest BCUT2D eigenvalue weighted by atomic mass is 10.1. The van der Waals surface area contributed by atoms with Crippen LogP contribution in [0.4, 0.5) is 0 Å². The van der Waals surface area contributed by atoms with E-state index in [2.05, 4.69) is 0 Å². The average Bonchev–Trinajstić information content (AvgIpc) is 2.70. The average molecular weight is 257 g/mol. The maximum atomic E-state index is 10.0. The summed E-state index contributed by atoms with van der Waals surface area (Å²) in [7, 11) is 0. The second-order valence-electron chi connectivity index (χ2n) is 3.43. The number of rotatable bonds is 3. The Morgan fingerprint density at radius 1 is 1.12 bits per heavy atom. The molecule has 0 spiro atoms. The van der Waals surface area contributed by atoms with Crippen molar-refractivity contribution >= 4 is 23.2 Å². The number of halogens is 2. The summed E-state index contributed by atoms with van der Waals surface area (Å²) in [5, 5.41) is 11.0. The molecular weight excluding hydrogens is 247 g/mol. The summed E-state index contributed by atoms with van der Waals surface area (Å²) >= 11 is 12.0. The predicted octanol–water partition coefficient (Wildman–Crippen LogP) is 3.86. The van der Waals surface area contributed by atoms with Crippen LogP contribution in [0, 0.1) is 0 Å². The number of furan rings is 1. The smallest absolute Gasteiger partial charge is 0.106 e. The number of hydrogen-bond donors (Lipinski definition) is 1. The summed E-state index contributed by atoms with van der Waals surface area (Å²) in [5.74, 6) is 0.698. The molecule has 0 saturated carbocycles. The van der Waals surface area contributed by atoms with E-state index in [1.165, 1.54) is 0 Å². The summed E-state index contributed by atoms with van der Waals surface area (Å²) in [6.07, 6.45) is 1.17. The molecule has 1 aromatic carbocycles. The first kappa shape index (κ1) is 11.5. The first-order valence-electron chi connectivity index (χ1n) is 4.83. The van der Waals surface area contributed by atoms with Crippen molar-refractivity contribution in [2.24, 2.45) is 0 Å². The van der Waals surface area contributed by atoms with Gasteiger partial charge < -0.3 is 9.52 Å². The van der Waals surface area contributed by atoms with E-state index >= 15 is 0 Å². The molecule has 0 amide bonds. The van der Waals surface area contributed by atoms with Crippen molar-refractivity contribution in [3.63, 3.8) is 0 Å². The summed E-state index contributed by atoms with van der Waals surface area (Å²) in [4.78, 5) is 0. The van der Waals surface area contributed by atoms with Crippen LogP contribution >= 0.6 is 23.2 Å². The van der Waals surface area contributed by atoms with Gasteiger partial charge in [-0.15, -0.1) is 0 Å². The van der Waals surface area contributed by atoms with Gasteiger partial charge in [0.2, 0.25) is 0 Å². The molecule has 1 unspecified atom stereocenters. The molecule has 0 saturated heterocycles. The first-order chi connectivity index (χ1) is 7.68. The lowest BCUT2D eigenvalue weighted by molar-refractivity contribution is 0.170. The molecule has 1 atom stereocenters. The summed E-state index contributed by atoms with van der Waals surface area (Å²) < 4.78 is 5.16. The minimum absolute atomic E-state index is 0.358. The molecule has 0 aliphatic rings. The molecule has 1 N–H and O–H groups in total. The van der Waals surface area contributed by atoms with Gasteiger partial charge in [-0.1, -0.05) is 29.3 Å². The van der Waals surface area contributed by atoms with E-state index in [4.69, 9.17) is 27.6 Å². The fourth-order valence-electron chi connectivity index (χ4n) is 1.55. The third kappa shape index (κ3) is 2.40. The molecule has 2 nitrogen and oxygen atoms in total. The molecule has 1 heterocycles. The molecule has 16 heavy (non-hydrogen) atoms. The highest BCUT2D eigenvalue weighted by Gasteiger charge is 2.16. The van der Waals surface area contributed by atoms with Crippen LogP contribution in [0.15, 0.2) is 41.0 Å². The third-order valence-electron chi connectivity index (χ3n) is 2.31. The van der Waals surface area contributed by atoms with Gasteiger partial charge in [-0.3, -0.25) is 0 Å². The molecule has 0 aliphatic carbocycles. The van der Waals surface area contributed by atoms with E-state index < -0.39 is 6.10 Å². The highest BCUT2D eigenvalue weighted by Crippen LogP contribution is 2.31. The molecule has 0 bridgehead atoms. The van der Waals surface area contributed by atoms with Crippen LogP contribution in [0.5, 0.6) is 0 Å². The van der Waals surface area contributed by atoms with E-state index in [1.807, 2.05) is 0 Å². The number of benzene rings is 1. The molecule has 4 heteroatoms. The van der Waals surface area contributed by atoms with Gasteiger partial charge in [-0.05, 0) is 24.3 Å². The fraction of sp³-hybridized carbons (Fsp3) is 0.167.